The number of hydrogen-bond acceptors (Lipinski definition) is 3. The molecule has 0 aromatic rings. The Hall–Kier alpha value is -0.220. The molecule has 0 aromatic heterocycles. The Balaban J connectivity index is 3.45. The molecule has 4 heteroatoms. The number of amides is 1. The molecule has 0 saturated carbocycles. The second-order valence-corrected chi connectivity index (χ2v) is 2.59. The summed E-state index contributed by atoms with van der Waals surface area (Å²) in [6.45, 7) is 0. The van der Waals surface area contributed by atoms with E-state index < -0.39 is 0 Å². The summed E-state index contributed by atoms with van der Waals surface area (Å²) < 4.78 is 0. The predicted octanol–water partition coefficient (Wildman–Crippen LogP) is -0.577. The minimum Gasteiger partial charge on any atom is -0.358 e. The molecule has 1 unspecified atom stereocenters. The minimum atomic E-state index is -0.356. The van der Waals surface area contributed by atoms with Gasteiger partial charge in [0.25, 0.3) is 0 Å². The summed E-state index contributed by atoms with van der Waals surface area (Å²) in [4.78, 5) is 10.7. The van der Waals surface area contributed by atoms with Gasteiger partial charge in [-0.05, 0) is 6.26 Å². The van der Waals surface area contributed by atoms with Crippen molar-refractivity contribution in [1.82, 2.24) is 5.32 Å². The third-order valence-electron chi connectivity index (χ3n) is 0.929. The molecule has 3 N–H and O–H groups in total. The molecule has 3 nitrogen and oxygen atoms in total. The minimum absolute atomic E-state index is 0.0932. The summed E-state index contributed by atoms with van der Waals surface area (Å²) in [5.74, 6) is 0.587. The topological polar surface area (TPSA) is 55.1 Å². The zero-order chi connectivity index (χ0) is 7.28. The molecule has 1 atom stereocenters. The van der Waals surface area contributed by atoms with Crippen LogP contribution >= 0.6 is 11.8 Å². The van der Waals surface area contributed by atoms with Crippen molar-refractivity contribution in [3.8, 4) is 0 Å². The zero-order valence-electron chi connectivity index (χ0n) is 5.68. The maximum Gasteiger partial charge on any atom is 0.237 e. The molecule has 0 radical (unpaired) electrons. The van der Waals surface area contributed by atoms with Crippen molar-refractivity contribution in [1.29, 1.82) is 0 Å². The molecule has 1 amide bonds. The van der Waals surface area contributed by atoms with Gasteiger partial charge < -0.3 is 11.1 Å². The van der Waals surface area contributed by atoms with Crippen LogP contribution in [0.3, 0.4) is 0 Å². The average molecular weight is 148 g/mol. The van der Waals surface area contributed by atoms with Gasteiger partial charge in [-0.25, -0.2) is 0 Å². The molecule has 0 rings (SSSR count). The van der Waals surface area contributed by atoms with E-state index in [0.29, 0.717) is 5.75 Å². The van der Waals surface area contributed by atoms with E-state index in [0.717, 1.165) is 0 Å². The second-order valence-electron chi connectivity index (χ2n) is 1.68. The third kappa shape index (κ3) is 3.37. The van der Waals surface area contributed by atoms with Gasteiger partial charge in [-0.3, -0.25) is 4.79 Å². The number of hydrogen-bond donors (Lipinski definition) is 2. The van der Waals surface area contributed by atoms with E-state index in [1.807, 2.05) is 6.26 Å². The van der Waals surface area contributed by atoms with E-state index in [1.165, 1.54) is 0 Å². The summed E-state index contributed by atoms with van der Waals surface area (Å²) in [6.07, 6.45) is 1.92. The highest BCUT2D eigenvalue weighted by atomic mass is 32.2. The van der Waals surface area contributed by atoms with Gasteiger partial charge in [0.15, 0.2) is 0 Å². The summed E-state index contributed by atoms with van der Waals surface area (Å²) in [5, 5.41) is 2.47. The third-order valence-corrected chi connectivity index (χ3v) is 1.62. The van der Waals surface area contributed by atoms with Gasteiger partial charge in [-0.1, -0.05) is 0 Å². The van der Waals surface area contributed by atoms with Crippen LogP contribution in [0.4, 0.5) is 0 Å². The van der Waals surface area contributed by atoms with Crippen LogP contribution in [-0.2, 0) is 4.79 Å². The van der Waals surface area contributed by atoms with Crippen molar-refractivity contribution >= 4 is 17.7 Å². The SMILES string of the molecule is CNC(=O)C(N)CSC. The molecule has 0 aromatic carbocycles. The lowest BCUT2D eigenvalue weighted by molar-refractivity contribution is -0.121. The van der Waals surface area contributed by atoms with Crippen LogP contribution in [0, 0.1) is 0 Å². The maximum absolute atomic E-state index is 10.7. The molecule has 0 aliphatic rings. The maximum atomic E-state index is 10.7. The molecule has 0 heterocycles. The lowest BCUT2D eigenvalue weighted by Gasteiger charge is -2.06. The molecule has 0 fully saturated rings. The Bertz CT molecular complexity index is 97.0. The lowest BCUT2D eigenvalue weighted by atomic mass is 10.3. The fraction of sp³-hybridized carbons (Fsp3) is 0.800. The normalized spacial score (nSPS) is 12.8. The van der Waals surface area contributed by atoms with E-state index in [1.54, 1.807) is 18.8 Å². The predicted molar refractivity (Wildman–Crippen MR) is 40.4 cm³/mol. The van der Waals surface area contributed by atoms with Crippen molar-refractivity contribution in [2.75, 3.05) is 19.1 Å². The number of thioether (sulfide) groups is 1. The van der Waals surface area contributed by atoms with Crippen LogP contribution in [0.25, 0.3) is 0 Å². The smallest absolute Gasteiger partial charge is 0.237 e. The van der Waals surface area contributed by atoms with Gasteiger partial charge in [0.1, 0.15) is 0 Å². The van der Waals surface area contributed by atoms with Crippen LogP contribution in [0.15, 0.2) is 0 Å². The molecular formula is C5H12N2OS. The van der Waals surface area contributed by atoms with E-state index in [2.05, 4.69) is 5.32 Å². The van der Waals surface area contributed by atoms with Crippen molar-refractivity contribution in [2.24, 2.45) is 5.73 Å². The Morgan fingerprint density at radius 3 is 2.78 bits per heavy atom. The summed E-state index contributed by atoms with van der Waals surface area (Å²) >= 11 is 1.57. The van der Waals surface area contributed by atoms with Crippen molar-refractivity contribution < 1.29 is 4.79 Å². The molecule has 0 aliphatic carbocycles. The number of nitrogens with one attached hydrogen (secondary N) is 1. The van der Waals surface area contributed by atoms with E-state index in [9.17, 15) is 4.79 Å². The zero-order valence-corrected chi connectivity index (χ0v) is 6.49. The fourth-order valence-corrected chi connectivity index (χ4v) is 0.951. The first kappa shape index (κ1) is 8.78. The Morgan fingerprint density at radius 1 is 1.89 bits per heavy atom. The van der Waals surface area contributed by atoms with Gasteiger partial charge in [0.2, 0.25) is 5.91 Å². The number of carbonyl (C=O) groups excluding carboxylic acids is 1. The summed E-state index contributed by atoms with van der Waals surface area (Å²) in [6, 6.07) is -0.356. The van der Waals surface area contributed by atoms with Crippen LogP contribution in [0.1, 0.15) is 0 Å². The van der Waals surface area contributed by atoms with Crippen LogP contribution < -0.4 is 11.1 Å². The van der Waals surface area contributed by atoms with Crippen LogP contribution in [0.2, 0.25) is 0 Å². The molecule has 0 aliphatic heterocycles. The van der Waals surface area contributed by atoms with Gasteiger partial charge >= 0.3 is 0 Å². The molecule has 0 saturated heterocycles. The molecule has 54 valence electrons. The highest BCUT2D eigenvalue weighted by molar-refractivity contribution is 7.98. The Morgan fingerprint density at radius 2 is 2.44 bits per heavy atom. The molecule has 0 bridgehead atoms. The fourth-order valence-electron chi connectivity index (χ4n) is 0.441. The summed E-state index contributed by atoms with van der Waals surface area (Å²) in [7, 11) is 1.59. The van der Waals surface area contributed by atoms with Gasteiger partial charge in [0, 0.05) is 12.8 Å². The molecular weight excluding hydrogens is 136 g/mol. The number of carbonyl (C=O) groups is 1. The van der Waals surface area contributed by atoms with Gasteiger partial charge in [-0.2, -0.15) is 11.8 Å². The van der Waals surface area contributed by atoms with E-state index in [-0.39, 0.29) is 11.9 Å². The van der Waals surface area contributed by atoms with E-state index >= 15 is 0 Å². The largest absolute Gasteiger partial charge is 0.358 e. The highest BCUT2D eigenvalue weighted by Crippen LogP contribution is 1.93. The molecule has 0 spiro atoms. The van der Waals surface area contributed by atoms with Gasteiger partial charge in [0.05, 0.1) is 6.04 Å². The first-order valence-electron chi connectivity index (χ1n) is 2.68. The molecule has 9 heavy (non-hydrogen) atoms. The average Bonchev–Trinajstić information content (AvgIpc) is 1.87. The standard InChI is InChI=1S/C5H12N2OS/c1-7-5(8)4(6)3-9-2/h4H,3,6H2,1-2H3,(H,7,8). The Kier molecular flexibility index (Phi) is 4.53. The van der Waals surface area contributed by atoms with Gasteiger partial charge in [-0.15, -0.1) is 0 Å². The lowest BCUT2D eigenvalue weighted by Crippen LogP contribution is -2.40. The number of rotatable bonds is 3. The van der Waals surface area contributed by atoms with Crippen LogP contribution in [0.5, 0.6) is 0 Å². The summed E-state index contributed by atoms with van der Waals surface area (Å²) in [5.41, 5.74) is 5.41. The number of nitrogens with two attached hydrogens (primary N) is 1. The first-order valence-corrected chi connectivity index (χ1v) is 4.08. The monoisotopic (exact) mass is 148 g/mol. The number of likely N-dealkylation sites (N-methyl/N-ethyl adjacent to an activating group) is 1. The first-order chi connectivity index (χ1) is 4.22. The Labute approximate surface area is 59.4 Å². The highest BCUT2D eigenvalue weighted by Gasteiger charge is 2.08. The van der Waals surface area contributed by atoms with Crippen molar-refractivity contribution in [3.63, 3.8) is 0 Å². The second kappa shape index (κ2) is 4.64. The van der Waals surface area contributed by atoms with Crippen LogP contribution in [-0.4, -0.2) is 31.0 Å². The van der Waals surface area contributed by atoms with E-state index in [4.69, 9.17) is 5.73 Å². The van der Waals surface area contributed by atoms with Crippen molar-refractivity contribution in [3.05, 3.63) is 0 Å². The van der Waals surface area contributed by atoms with Crippen molar-refractivity contribution in [2.45, 2.75) is 6.04 Å². The quantitative estimate of drug-likeness (QED) is 0.563.